The summed E-state index contributed by atoms with van der Waals surface area (Å²) in [5.74, 6) is 0. The van der Waals surface area contributed by atoms with Gasteiger partial charge in [-0.3, -0.25) is 9.48 Å². The maximum atomic E-state index is 12.2. The zero-order valence-electron chi connectivity index (χ0n) is 10.6. The highest BCUT2D eigenvalue weighted by Crippen LogP contribution is 2.11. The van der Waals surface area contributed by atoms with Gasteiger partial charge in [0.2, 0.25) is 0 Å². The molecule has 0 saturated carbocycles. The molecule has 3 heteroatoms. The standard InChI is InChI=1S/C14H18N2O/c1-4-10-15-12(3)11(2)14(17)16(15)13-8-6-5-7-9-13/h5-9H,4,10H2,1-3H3. The lowest BCUT2D eigenvalue weighted by Gasteiger charge is -2.12. The molecule has 1 aromatic heterocycles. The smallest absolute Gasteiger partial charge is 0.274 e. The average Bonchev–Trinajstić information content (AvgIpc) is 2.56. The molecule has 0 saturated heterocycles. The second kappa shape index (κ2) is 4.62. The molecule has 1 aromatic carbocycles. The van der Waals surface area contributed by atoms with Crippen molar-refractivity contribution in [2.45, 2.75) is 33.7 Å². The van der Waals surface area contributed by atoms with Gasteiger partial charge < -0.3 is 0 Å². The zero-order valence-corrected chi connectivity index (χ0v) is 10.6. The molecule has 3 nitrogen and oxygen atoms in total. The van der Waals surface area contributed by atoms with Crippen LogP contribution in [0.2, 0.25) is 0 Å². The average molecular weight is 230 g/mol. The first-order chi connectivity index (χ1) is 8.16. The van der Waals surface area contributed by atoms with Crippen LogP contribution in [0.15, 0.2) is 35.1 Å². The summed E-state index contributed by atoms with van der Waals surface area (Å²) in [6, 6.07) is 9.80. The van der Waals surface area contributed by atoms with Gasteiger partial charge in [-0.2, -0.15) is 0 Å². The van der Waals surface area contributed by atoms with E-state index in [1.165, 1.54) is 0 Å². The quantitative estimate of drug-likeness (QED) is 0.796. The van der Waals surface area contributed by atoms with Crippen LogP contribution in [0.5, 0.6) is 0 Å². The number of para-hydroxylation sites is 1. The van der Waals surface area contributed by atoms with E-state index in [1.807, 2.05) is 44.2 Å². The van der Waals surface area contributed by atoms with Gasteiger partial charge in [-0.25, -0.2) is 4.68 Å². The highest BCUT2D eigenvalue weighted by Gasteiger charge is 2.13. The van der Waals surface area contributed by atoms with Gasteiger partial charge in [-0.15, -0.1) is 0 Å². The number of rotatable bonds is 3. The minimum absolute atomic E-state index is 0.0853. The molecule has 0 fully saturated rings. The Bertz CT molecular complexity index is 564. The van der Waals surface area contributed by atoms with Crippen LogP contribution < -0.4 is 5.56 Å². The highest BCUT2D eigenvalue weighted by atomic mass is 16.1. The minimum Gasteiger partial charge on any atom is -0.282 e. The maximum Gasteiger partial charge on any atom is 0.274 e. The van der Waals surface area contributed by atoms with E-state index in [9.17, 15) is 4.79 Å². The summed E-state index contributed by atoms with van der Waals surface area (Å²) >= 11 is 0. The maximum absolute atomic E-state index is 12.2. The van der Waals surface area contributed by atoms with Crippen LogP contribution in [0.3, 0.4) is 0 Å². The third-order valence-electron chi connectivity index (χ3n) is 3.12. The van der Waals surface area contributed by atoms with E-state index in [0.717, 1.165) is 29.9 Å². The largest absolute Gasteiger partial charge is 0.282 e. The molecular formula is C14H18N2O. The van der Waals surface area contributed by atoms with Crippen LogP contribution in [0.1, 0.15) is 24.6 Å². The molecule has 2 rings (SSSR count). The molecule has 0 amide bonds. The van der Waals surface area contributed by atoms with E-state index in [1.54, 1.807) is 4.68 Å². The van der Waals surface area contributed by atoms with Crippen LogP contribution in [0.4, 0.5) is 0 Å². The van der Waals surface area contributed by atoms with E-state index in [-0.39, 0.29) is 5.56 Å². The molecule has 0 bridgehead atoms. The van der Waals surface area contributed by atoms with Crippen molar-refractivity contribution in [3.63, 3.8) is 0 Å². The lowest BCUT2D eigenvalue weighted by atomic mass is 10.3. The van der Waals surface area contributed by atoms with Crippen molar-refractivity contribution in [3.05, 3.63) is 51.9 Å². The topological polar surface area (TPSA) is 26.9 Å². The molecule has 2 aromatic rings. The summed E-state index contributed by atoms with van der Waals surface area (Å²) in [5, 5.41) is 0. The molecular weight excluding hydrogens is 212 g/mol. The lowest BCUT2D eigenvalue weighted by molar-refractivity contribution is 0.523. The van der Waals surface area contributed by atoms with Gasteiger partial charge in [0, 0.05) is 17.8 Å². The molecule has 0 aliphatic carbocycles. The Labute approximate surface area is 101 Å². The van der Waals surface area contributed by atoms with Gasteiger partial charge >= 0.3 is 0 Å². The Balaban J connectivity index is 2.68. The van der Waals surface area contributed by atoms with Crippen LogP contribution in [-0.4, -0.2) is 9.36 Å². The third kappa shape index (κ3) is 1.93. The van der Waals surface area contributed by atoms with Crippen molar-refractivity contribution in [3.8, 4) is 5.69 Å². The Hall–Kier alpha value is -1.77. The van der Waals surface area contributed by atoms with Gasteiger partial charge in [-0.1, -0.05) is 25.1 Å². The lowest BCUT2D eigenvalue weighted by Crippen LogP contribution is -2.22. The van der Waals surface area contributed by atoms with Crippen molar-refractivity contribution in [2.24, 2.45) is 0 Å². The predicted octanol–water partition coefficient (Wildman–Crippen LogP) is 2.67. The molecule has 17 heavy (non-hydrogen) atoms. The van der Waals surface area contributed by atoms with E-state index >= 15 is 0 Å². The summed E-state index contributed by atoms with van der Waals surface area (Å²) in [5.41, 5.74) is 2.91. The number of hydrogen-bond acceptors (Lipinski definition) is 1. The molecule has 90 valence electrons. The monoisotopic (exact) mass is 230 g/mol. The van der Waals surface area contributed by atoms with Crippen LogP contribution in [0.25, 0.3) is 5.69 Å². The van der Waals surface area contributed by atoms with E-state index in [2.05, 4.69) is 11.6 Å². The Morgan fingerprint density at radius 2 is 1.76 bits per heavy atom. The Morgan fingerprint density at radius 3 is 2.35 bits per heavy atom. The van der Waals surface area contributed by atoms with Crippen molar-refractivity contribution < 1.29 is 0 Å². The van der Waals surface area contributed by atoms with E-state index < -0.39 is 0 Å². The number of aromatic nitrogens is 2. The number of nitrogens with zero attached hydrogens (tertiary/aromatic N) is 2. The summed E-state index contributed by atoms with van der Waals surface area (Å²) in [6.45, 7) is 6.88. The molecule has 0 N–H and O–H groups in total. The SMILES string of the molecule is CCCn1c(C)c(C)c(=O)n1-c1ccccc1. The molecule has 0 radical (unpaired) electrons. The minimum atomic E-state index is 0.0853. The van der Waals surface area contributed by atoms with Crippen molar-refractivity contribution in [2.75, 3.05) is 0 Å². The number of hydrogen-bond donors (Lipinski definition) is 0. The molecule has 1 heterocycles. The Morgan fingerprint density at radius 1 is 1.12 bits per heavy atom. The Kier molecular flexibility index (Phi) is 3.18. The summed E-state index contributed by atoms with van der Waals surface area (Å²) in [7, 11) is 0. The van der Waals surface area contributed by atoms with Gasteiger partial charge in [0.15, 0.2) is 0 Å². The van der Waals surface area contributed by atoms with Gasteiger partial charge in [-0.05, 0) is 32.4 Å². The summed E-state index contributed by atoms with van der Waals surface area (Å²) in [6.07, 6.45) is 1.02. The fourth-order valence-electron chi connectivity index (χ4n) is 2.07. The fourth-order valence-corrected chi connectivity index (χ4v) is 2.07. The first kappa shape index (κ1) is 11.7. The predicted molar refractivity (Wildman–Crippen MR) is 69.8 cm³/mol. The van der Waals surface area contributed by atoms with Crippen LogP contribution in [-0.2, 0) is 6.54 Å². The van der Waals surface area contributed by atoms with Crippen LogP contribution >= 0.6 is 0 Å². The fraction of sp³-hybridized carbons (Fsp3) is 0.357. The summed E-state index contributed by atoms with van der Waals surface area (Å²) < 4.78 is 3.83. The first-order valence-electron chi connectivity index (χ1n) is 6.01. The highest BCUT2D eigenvalue weighted by molar-refractivity contribution is 5.33. The van der Waals surface area contributed by atoms with Crippen molar-refractivity contribution in [1.82, 2.24) is 9.36 Å². The van der Waals surface area contributed by atoms with Gasteiger partial charge in [0.1, 0.15) is 0 Å². The molecule has 0 spiro atoms. The van der Waals surface area contributed by atoms with Crippen molar-refractivity contribution in [1.29, 1.82) is 0 Å². The zero-order chi connectivity index (χ0) is 12.4. The van der Waals surface area contributed by atoms with Gasteiger partial charge in [0.05, 0.1) is 5.69 Å². The normalized spacial score (nSPS) is 10.8. The second-order valence-electron chi connectivity index (χ2n) is 4.29. The third-order valence-corrected chi connectivity index (χ3v) is 3.12. The first-order valence-corrected chi connectivity index (χ1v) is 6.01. The van der Waals surface area contributed by atoms with Gasteiger partial charge in [0.25, 0.3) is 5.56 Å². The van der Waals surface area contributed by atoms with E-state index in [0.29, 0.717) is 0 Å². The molecule has 0 unspecified atom stereocenters. The van der Waals surface area contributed by atoms with Crippen molar-refractivity contribution >= 4 is 0 Å². The molecule has 0 aliphatic heterocycles. The second-order valence-corrected chi connectivity index (χ2v) is 4.29. The van der Waals surface area contributed by atoms with E-state index in [4.69, 9.17) is 0 Å². The van der Waals surface area contributed by atoms with Crippen LogP contribution in [0, 0.1) is 13.8 Å². The summed E-state index contributed by atoms with van der Waals surface area (Å²) in [4.78, 5) is 12.2. The number of benzene rings is 1. The molecule has 0 atom stereocenters. The molecule has 0 aliphatic rings.